The van der Waals surface area contributed by atoms with Gasteiger partial charge in [-0.2, -0.15) is 5.10 Å². The molecule has 3 N–H and O–H groups in total. The van der Waals surface area contributed by atoms with Crippen LogP contribution >= 0.6 is 0 Å². The van der Waals surface area contributed by atoms with Crippen molar-refractivity contribution in [1.29, 1.82) is 0 Å². The van der Waals surface area contributed by atoms with Gasteiger partial charge in [-0.15, -0.1) is 0 Å². The highest BCUT2D eigenvalue weighted by atomic mass is 19.1. The molecule has 0 aliphatic rings. The van der Waals surface area contributed by atoms with Crippen molar-refractivity contribution in [3.63, 3.8) is 0 Å². The van der Waals surface area contributed by atoms with E-state index in [2.05, 4.69) is 25.5 Å². The van der Waals surface area contributed by atoms with Crippen LogP contribution in [0.1, 0.15) is 13.8 Å². The van der Waals surface area contributed by atoms with Gasteiger partial charge in [-0.25, -0.2) is 9.37 Å². The predicted octanol–water partition coefficient (Wildman–Crippen LogP) is 4.35. The van der Waals surface area contributed by atoms with Crippen molar-refractivity contribution in [2.75, 3.05) is 5.32 Å². The molecular weight excluding hydrogens is 345 g/mol. The minimum atomic E-state index is -0.299. The lowest BCUT2D eigenvalue weighted by Crippen LogP contribution is -2.17. The van der Waals surface area contributed by atoms with E-state index in [4.69, 9.17) is 0 Å². The molecule has 0 spiro atoms. The van der Waals surface area contributed by atoms with Crippen molar-refractivity contribution < 1.29 is 9.18 Å². The first-order chi connectivity index (χ1) is 13.0. The van der Waals surface area contributed by atoms with Crippen LogP contribution in [0.15, 0.2) is 48.7 Å². The number of amides is 1. The van der Waals surface area contributed by atoms with Gasteiger partial charge in [-0.05, 0) is 23.8 Å². The molecule has 0 unspecified atom stereocenters. The number of fused-ring (bicyclic) bond motifs is 1. The molecule has 0 aliphatic heterocycles. The van der Waals surface area contributed by atoms with Crippen molar-refractivity contribution in [3.8, 4) is 22.6 Å². The summed E-state index contributed by atoms with van der Waals surface area (Å²) in [4.78, 5) is 19.9. The third-order valence-corrected chi connectivity index (χ3v) is 4.31. The molecule has 4 aromatic rings. The molecule has 27 heavy (non-hydrogen) atoms. The Balaban J connectivity index is 1.79. The number of nitrogens with zero attached hydrogens (tertiary/aromatic N) is 2. The molecule has 2 aromatic heterocycles. The van der Waals surface area contributed by atoms with Gasteiger partial charge >= 0.3 is 0 Å². The second kappa shape index (κ2) is 6.68. The lowest BCUT2D eigenvalue weighted by molar-refractivity contribution is -0.118. The predicted molar refractivity (Wildman–Crippen MR) is 103 cm³/mol. The van der Waals surface area contributed by atoms with E-state index in [1.807, 2.05) is 38.1 Å². The minimum absolute atomic E-state index is 0.103. The first-order valence-electron chi connectivity index (χ1n) is 8.62. The van der Waals surface area contributed by atoms with E-state index in [1.165, 1.54) is 12.1 Å². The monoisotopic (exact) mass is 363 g/mol. The van der Waals surface area contributed by atoms with E-state index in [-0.39, 0.29) is 17.6 Å². The number of para-hydroxylation sites is 1. The quantitative estimate of drug-likeness (QED) is 0.504. The summed E-state index contributed by atoms with van der Waals surface area (Å²) < 4.78 is 13.6. The molecule has 0 aliphatic carbocycles. The van der Waals surface area contributed by atoms with Gasteiger partial charge in [-0.1, -0.05) is 38.1 Å². The van der Waals surface area contributed by atoms with E-state index >= 15 is 0 Å². The van der Waals surface area contributed by atoms with Gasteiger partial charge in [0, 0.05) is 11.5 Å². The number of carbonyl (C=O) groups excluding carboxylic acids is 1. The van der Waals surface area contributed by atoms with Gasteiger partial charge in [0.2, 0.25) is 5.91 Å². The number of H-pyrrole nitrogens is 2. The average Bonchev–Trinajstić information content (AvgIpc) is 3.27. The van der Waals surface area contributed by atoms with E-state index in [0.717, 1.165) is 16.6 Å². The first kappa shape index (κ1) is 17.0. The zero-order valence-electron chi connectivity index (χ0n) is 14.9. The fourth-order valence-corrected chi connectivity index (χ4v) is 2.88. The van der Waals surface area contributed by atoms with Crippen LogP contribution in [-0.4, -0.2) is 26.1 Å². The lowest BCUT2D eigenvalue weighted by atomic mass is 10.0. The van der Waals surface area contributed by atoms with Gasteiger partial charge in [0.1, 0.15) is 11.5 Å². The van der Waals surface area contributed by atoms with E-state index < -0.39 is 0 Å². The van der Waals surface area contributed by atoms with Crippen LogP contribution in [0.3, 0.4) is 0 Å². The molecule has 6 nitrogen and oxygen atoms in total. The Hall–Kier alpha value is -3.48. The third-order valence-electron chi connectivity index (χ3n) is 4.31. The molecule has 0 bridgehead atoms. The molecule has 1 amide bonds. The van der Waals surface area contributed by atoms with Crippen molar-refractivity contribution in [1.82, 2.24) is 20.2 Å². The Labute approximate surface area is 154 Å². The topological polar surface area (TPSA) is 86.5 Å². The lowest BCUT2D eigenvalue weighted by Gasteiger charge is -2.06. The van der Waals surface area contributed by atoms with Gasteiger partial charge < -0.3 is 10.3 Å². The van der Waals surface area contributed by atoms with Crippen LogP contribution < -0.4 is 5.32 Å². The minimum Gasteiger partial charge on any atom is -0.337 e. The molecule has 0 saturated carbocycles. The zero-order valence-corrected chi connectivity index (χ0v) is 14.9. The number of halogens is 1. The average molecular weight is 363 g/mol. The summed E-state index contributed by atoms with van der Waals surface area (Å²) in [7, 11) is 0. The Kier molecular flexibility index (Phi) is 4.19. The molecule has 4 rings (SSSR count). The number of hydrogen-bond donors (Lipinski definition) is 3. The van der Waals surface area contributed by atoms with Crippen LogP contribution in [0.5, 0.6) is 0 Å². The Morgan fingerprint density at radius 1 is 1.19 bits per heavy atom. The molecule has 7 heteroatoms. The van der Waals surface area contributed by atoms with Crippen LogP contribution in [0.25, 0.3) is 33.7 Å². The summed E-state index contributed by atoms with van der Waals surface area (Å²) >= 11 is 0. The molecule has 0 radical (unpaired) electrons. The third kappa shape index (κ3) is 3.19. The van der Waals surface area contributed by atoms with Crippen molar-refractivity contribution >= 4 is 22.6 Å². The molecule has 2 aromatic carbocycles. The number of carbonyl (C=O) groups is 1. The maximum Gasteiger partial charge on any atom is 0.227 e. The van der Waals surface area contributed by atoms with Gasteiger partial charge in [0.15, 0.2) is 5.82 Å². The summed E-state index contributed by atoms with van der Waals surface area (Å²) in [6.45, 7) is 3.64. The van der Waals surface area contributed by atoms with E-state index in [0.29, 0.717) is 22.7 Å². The fraction of sp³-hybridized carbons (Fsp3) is 0.150. The van der Waals surface area contributed by atoms with Crippen LogP contribution in [-0.2, 0) is 4.79 Å². The molecular formula is C20H18FN5O. The highest BCUT2D eigenvalue weighted by Crippen LogP contribution is 2.31. The molecule has 2 heterocycles. The van der Waals surface area contributed by atoms with Crippen molar-refractivity contribution in [2.24, 2.45) is 5.92 Å². The highest BCUT2D eigenvalue weighted by molar-refractivity contribution is 5.97. The maximum absolute atomic E-state index is 13.6. The van der Waals surface area contributed by atoms with Crippen LogP contribution in [0.4, 0.5) is 10.1 Å². The van der Waals surface area contributed by atoms with Crippen molar-refractivity contribution in [2.45, 2.75) is 13.8 Å². The van der Waals surface area contributed by atoms with Crippen LogP contribution in [0.2, 0.25) is 0 Å². The number of anilines is 1. The second-order valence-corrected chi connectivity index (χ2v) is 6.60. The number of imidazole rings is 1. The van der Waals surface area contributed by atoms with Crippen LogP contribution in [0, 0.1) is 11.7 Å². The van der Waals surface area contributed by atoms with Gasteiger partial charge in [0.25, 0.3) is 0 Å². The van der Waals surface area contributed by atoms with E-state index in [1.54, 1.807) is 12.3 Å². The smallest absolute Gasteiger partial charge is 0.227 e. The zero-order chi connectivity index (χ0) is 19.0. The Morgan fingerprint density at radius 2 is 2.00 bits per heavy atom. The first-order valence-corrected chi connectivity index (χ1v) is 8.62. The number of nitrogens with one attached hydrogen (secondary N) is 3. The largest absolute Gasteiger partial charge is 0.337 e. The molecule has 0 saturated heterocycles. The standard InChI is InChI=1S/C20H18FN5O/c1-11(2)20(27)24-16-10-22-26-18(16)19-23-15-8-4-7-14(17(15)25-19)12-5-3-6-13(21)9-12/h3-11H,1-2H3,(H,22,26)(H,23,25)(H,24,27). The second-order valence-electron chi connectivity index (χ2n) is 6.60. The fourth-order valence-electron chi connectivity index (χ4n) is 2.88. The Bertz CT molecular complexity index is 1130. The normalized spacial score (nSPS) is 11.3. The number of benzene rings is 2. The number of aromatic nitrogens is 4. The summed E-state index contributed by atoms with van der Waals surface area (Å²) in [5.74, 6) is -0.00450. The summed E-state index contributed by atoms with van der Waals surface area (Å²) in [5, 5.41) is 9.75. The highest BCUT2D eigenvalue weighted by Gasteiger charge is 2.17. The van der Waals surface area contributed by atoms with Gasteiger partial charge in [0.05, 0.1) is 22.9 Å². The summed E-state index contributed by atoms with van der Waals surface area (Å²) in [5.41, 5.74) is 4.24. The SMILES string of the molecule is CC(C)C(=O)Nc1cn[nH]c1-c1nc2c(-c3cccc(F)c3)cccc2[nH]1. The maximum atomic E-state index is 13.6. The molecule has 0 atom stereocenters. The summed E-state index contributed by atoms with van der Waals surface area (Å²) in [6.07, 6.45) is 1.55. The molecule has 136 valence electrons. The van der Waals surface area contributed by atoms with Gasteiger partial charge in [-0.3, -0.25) is 9.89 Å². The summed E-state index contributed by atoms with van der Waals surface area (Å²) in [6, 6.07) is 12.1. The van der Waals surface area contributed by atoms with E-state index in [9.17, 15) is 9.18 Å². The van der Waals surface area contributed by atoms with Crippen molar-refractivity contribution in [3.05, 3.63) is 54.5 Å². The number of aromatic amines is 2. The Morgan fingerprint density at radius 3 is 2.78 bits per heavy atom. The number of hydrogen-bond acceptors (Lipinski definition) is 3. The number of rotatable bonds is 4. The molecule has 0 fully saturated rings.